The molecular weight excluding hydrogens is 371 g/mol. The van der Waals surface area contributed by atoms with Crippen molar-refractivity contribution < 1.29 is 0 Å². The van der Waals surface area contributed by atoms with E-state index in [1.807, 2.05) is 0 Å². The first-order chi connectivity index (χ1) is 10.1. The molecule has 0 radical (unpaired) electrons. The van der Waals surface area contributed by atoms with Crippen LogP contribution in [0, 0.1) is 3.57 Å². The SMILES string of the molecule is CCN(CC)c1ccc(NC(C)c2ccc(I)cc2)cc1. The third kappa shape index (κ3) is 4.37. The summed E-state index contributed by atoms with van der Waals surface area (Å²) in [4.78, 5) is 2.35. The normalized spacial score (nSPS) is 12.0. The summed E-state index contributed by atoms with van der Waals surface area (Å²) in [5.74, 6) is 0. The van der Waals surface area contributed by atoms with E-state index in [-0.39, 0.29) is 0 Å². The van der Waals surface area contributed by atoms with Gasteiger partial charge in [0.05, 0.1) is 0 Å². The minimum absolute atomic E-state index is 0.307. The van der Waals surface area contributed by atoms with E-state index in [9.17, 15) is 0 Å². The number of nitrogens with zero attached hydrogens (tertiary/aromatic N) is 1. The summed E-state index contributed by atoms with van der Waals surface area (Å²) in [6.07, 6.45) is 0. The summed E-state index contributed by atoms with van der Waals surface area (Å²) >= 11 is 2.34. The molecule has 3 heteroatoms. The van der Waals surface area contributed by atoms with Gasteiger partial charge in [0.25, 0.3) is 0 Å². The lowest BCUT2D eigenvalue weighted by Gasteiger charge is -2.22. The van der Waals surface area contributed by atoms with Gasteiger partial charge in [0.2, 0.25) is 0 Å². The van der Waals surface area contributed by atoms with E-state index in [0.717, 1.165) is 18.8 Å². The van der Waals surface area contributed by atoms with Crippen molar-refractivity contribution in [1.82, 2.24) is 0 Å². The Morgan fingerprint density at radius 3 is 2.05 bits per heavy atom. The second kappa shape index (κ2) is 7.69. The van der Waals surface area contributed by atoms with Crippen molar-refractivity contribution in [2.75, 3.05) is 23.3 Å². The van der Waals surface area contributed by atoms with E-state index in [2.05, 4.69) is 102 Å². The molecule has 0 aromatic heterocycles. The molecule has 0 bridgehead atoms. The molecule has 2 nitrogen and oxygen atoms in total. The molecule has 0 aliphatic heterocycles. The molecule has 2 aromatic rings. The molecule has 0 amide bonds. The highest BCUT2D eigenvalue weighted by Crippen LogP contribution is 2.22. The van der Waals surface area contributed by atoms with Crippen LogP contribution in [0.2, 0.25) is 0 Å². The molecule has 2 rings (SSSR count). The zero-order valence-electron chi connectivity index (χ0n) is 12.9. The topological polar surface area (TPSA) is 15.3 Å². The maximum absolute atomic E-state index is 3.56. The monoisotopic (exact) mass is 394 g/mol. The Morgan fingerprint density at radius 2 is 1.52 bits per heavy atom. The second-order valence-corrected chi connectivity index (χ2v) is 6.38. The first-order valence-corrected chi connectivity index (χ1v) is 8.59. The highest BCUT2D eigenvalue weighted by atomic mass is 127. The molecule has 2 aromatic carbocycles. The van der Waals surface area contributed by atoms with Crippen molar-refractivity contribution in [3.63, 3.8) is 0 Å². The van der Waals surface area contributed by atoms with Gasteiger partial charge in [0, 0.05) is 34.1 Å². The lowest BCUT2D eigenvalue weighted by Crippen LogP contribution is -2.21. The first-order valence-electron chi connectivity index (χ1n) is 7.51. The van der Waals surface area contributed by atoms with Gasteiger partial charge in [-0.05, 0) is 85.3 Å². The van der Waals surface area contributed by atoms with Crippen LogP contribution in [-0.4, -0.2) is 13.1 Å². The lowest BCUT2D eigenvalue weighted by molar-refractivity contribution is 0.864. The summed E-state index contributed by atoms with van der Waals surface area (Å²) in [5, 5.41) is 3.56. The zero-order chi connectivity index (χ0) is 15.2. The molecule has 0 aliphatic carbocycles. The molecule has 1 atom stereocenters. The number of halogens is 1. The summed E-state index contributed by atoms with van der Waals surface area (Å²) < 4.78 is 1.27. The Kier molecular flexibility index (Phi) is 5.91. The lowest BCUT2D eigenvalue weighted by atomic mass is 10.1. The fraction of sp³-hybridized carbons (Fsp3) is 0.333. The third-order valence-corrected chi connectivity index (χ3v) is 4.47. The number of nitrogens with one attached hydrogen (secondary N) is 1. The first kappa shape index (κ1) is 16.1. The highest BCUT2D eigenvalue weighted by Gasteiger charge is 2.06. The fourth-order valence-electron chi connectivity index (χ4n) is 2.44. The van der Waals surface area contributed by atoms with Crippen LogP contribution >= 0.6 is 22.6 Å². The standard InChI is InChI=1S/C18H23IN2/c1-4-21(5-2)18-12-10-17(11-13-18)20-14(3)15-6-8-16(19)9-7-15/h6-14,20H,4-5H2,1-3H3. The highest BCUT2D eigenvalue weighted by molar-refractivity contribution is 14.1. The van der Waals surface area contributed by atoms with Gasteiger partial charge in [0.15, 0.2) is 0 Å². The van der Waals surface area contributed by atoms with Crippen LogP contribution in [0.3, 0.4) is 0 Å². The fourth-order valence-corrected chi connectivity index (χ4v) is 2.80. The Balaban J connectivity index is 2.04. The van der Waals surface area contributed by atoms with Gasteiger partial charge in [-0.15, -0.1) is 0 Å². The quantitative estimate of drug-likeness (QED) is 0.668. The van der Waals surface area contributed by atoms with Gasteiger partial charge in [0.1, 0.15) is 0 Å². The van der Waals surface area contributed by atoms with Gasteiger partial charge in [-0.3, -0.25) is 0 Å². The predicted molar refractivity (Wildman–Crippen MR) is 101 cm³/mol. The van der Waals surface area contributed by atoms with Crippen LogP contribution in [-0.2, 0) is 0 Å². The minimum atomic E-state index is 0.307. The van der Waals surface area contributed by atoms with Gasteiger partial charge >= 0.3 is 0 Å². The van der Waals surface area contributed by atoms with Gasteiger partial charge in [-0.1, -0.05) is 12.1 Å². The van der Waals surface area contributed by atoms with Crippen molar-refractivity contribution >= 4 is 34.0 Å². The summed E-state index contributed by atoms with van der Waals surface area (Å²) in [6.45, 7) is 8.66. The van der Waals surface area contributed by atoms with Gasteiger partial charge in [-0.25, -0.2) is 0 Å². The Hall–Kier alpha value is -1.23. The van der Waals surface area contributed by atoms with E-state index in [0.29, 0.717) is 6.04 Å². The summed E-state index contributed by atoms with van der Waals surface area (Å²) in [7, 11) is 0. The van der Waals surface area contributed by atoms with E-state index in [1.165, 1.54) is 14.8 Å². The molecule has 112 valence electrons. The van der Waals surface area contributed by atoms with Crippen LogP contribution in [0.25, 0.3) is 0 Å². The maximum Gasteiger partial charge on any atom is 0.0485 e. The average Bonchev–Trinajstić information content (AvgIpc) is 2.51. The average molecular weight is 394 g/mol. The minimum Gasteiger partial charge on any atom is -0.379 e. The number of hydrogen-bond donors (Lipinski definition) is 1. The van der Waals surface area contributed by atoms with Crippen molar-refractivity contribution in [3.05, 3.63) is 57.7 Å². The van der Waals surface area contributed by atoms with E-state index >= 15 is 0 Å². The Labute approximate surface area is 141 Å². The Bertz CT molecular complexity index is 544. The smallest absolute Gasteiger partial charge is 0.0485 e. The number of anilines is 2. The second-order valence-electron chi connectivity index (χ2n) is 5.14. The summed E-state index contributed by atoms with van der Waals surface area (Å²) in [5.41, 5.74) is 3.76. The van der Waals surface area contributed by atoms with Crippen LogP contribution in [0.15, 0.2) is 48.5 Å². The number of hydrogen-bond acceptors (Lipinski definition) is 2. The zero-order valence-corrected chi connectivity index (χ0v) is 15.1. The van der Waals surface area contributed by atoms with Crippen LogP contribution < -0.4 is 10.2 Å². The Morgan fingerprint density at radius 1 is 0.952 bits per heavy atom. The van der Waals surface area contributed by atoms with Crippen molar-refractivity contribution in [1.29, 1.82) is 0 Å². The van der Waals surface area contributed by atoms with Crippen LogP contribution in [0.4, 0.5) is 11.4 Å². The molecule has 0 heterocycles. The van der Waals surface area contributed by atoms with Crippen molar-refractivity contribution in [2.45, 2.75) is 26.8 Å². The van der Waals surface area contributed by atoms with E-state index in [4.69, 9.17) is 0 Å². The molecule has 1 unspecified atom stereocenters. The molecule has 1 N–H and O–H groups in total. The number of rotatable bonds is 6. The molecular formula is C18H23IN2. The number of benzene rings is 2. The third-order valence-electron chi connectivity index (χ3n) is 3.75. The van der Waals surface area contributed by atoms with E-state index < -0.39 is 0 Å². The van der Waals surface area contributed by atoms with Gasteiger partial charge < -0.3 is 10.2 Å². The molecule has 0 aliphatic rings. The molecule has 0 saturated carbocycles. The van der Waals surface area contributed by atoms with Gasteiger partial charge in [-0.2, -0.15) is 0 Å². The van der Waals surface area contributed by atoms with E-state index in [1.54, 1.807) is 0 Å². The molecule has 0 spiro atoms. The molecule has 21 heavy (non-hydrogen) atoms. The van der Waals surface area contributed by atoms with Crippen molar-refractivity contribution in [2.24, 2.45) is 0 Å². The summed E-state index contributed by atoms with van der Waals surface area (Å²) in [6, 6.07) is 17.7. The maximum atomic E-state index is 3.56. The largest absolute Gasteiger partial charge is 0.379 e. The molecule has 0 fully saturated rings. The molecule has 0 saturated heterocycles. The van der Waals surface area contributed by atoms with Crippen LogP contribution in [0.1, 0.15) is 32.4 Å². The van der Waals surface area contributed by atoms with Crippen molar-refractivity contribution in [3.8, 4) is 0 Å². The predicted octanol–water partition coefficient (Wildman–Crippen LogP) is 5.31. The van der Waals surface area contributed by atoms with Crippen LogP contribution in [0.5, 0.6) is 0 Å².